The van der Waals surface area contributed by atoms with Gasteiger partial charge in [0.15, 0.2) is 11.5 Å². The number of ether oxygens (including phenoxy) is 3. The first kappa shape index (κ1) is 30.1. The first-order valence-electron chi connectivity index (χ1n) is 14.3. The van der Waals surface area contributed by atoms with Crippen LogP contribution in [0.3, 0.4) is 0 Å². The number of amides is 3. The average molecular weight is 593 g/mol. The summed E-state index contributed by atoms with van der Waals surface area (Å²) in [6.07, 6.45) is -0.237. The standard InChI is InChI=1S/C32H37FN4O6/c1-20-15-37(21(2)18-38)31(39)14-23-13-26(35-32(40)34-25-7-5-24(33)6-8-25)9-11-27(23)43-30(20)17-36(3)16-22-4-10-28-29(12-22)42-19-41-28/h4-13,20-21,30,38H,14-19H2,1-3H3,(H2,34,35,40)/t20-,21-,30-/m1/s1. The van der Waals surface area contributed by atoms with Gasteiger partial charge in [0.05, 0.1) is 19.1 Å². The van der Waals surface area contributed by atoms with Gasteiger partial charge in [-0.1, -0.05) is 13.0 Å². The van der Waals surface area contributed by atoms with Crippen molar-refractivity contribution in [2.45, 2.75) is 39.0 Å². The number of hydrogen-bond acceptors (Lipinski definition) is 7. The van der Waals surface area contributed by atoms with E-state index in [0.29, 0.717) is 42.3 Å². The second-order valence-corrected chi connectivity index (χ2v) is 11.2. The number of carbonyl (C=O) groups is 2. The summed E-state index contributed by atoms with van der Waals surface area (Å²) in [4.78, 5) is 30.0. The van der Waals surface area contributed by atoms with Crippen molar-refractivity contribution in [2.24, 2.45) is 5.92 Å². The number of nitrogens with zero attached hydrogens (tertiary/aromatic N) is 2. The van der Waals surface area contributed by atoms with Crippen LogP contribution in [0, 0.1) is 11.7 Å². The molecule has 0 aliphatic carbocycles. The number of nitrogens with one attached hydrogen (secondary N) is 2. The number of hydrogen-bond donors (Lipinski definition) is 3. The van der Waals surface area contributed by atoms with Crippen molar-refractivity contribution in [3.05, 3.63) is 77.6 Å². The maximum atomic E-state index is 13.5. The minimum Gasteiger partial charge on any atom is -0.488 e. The summed E-state index contributed by atoms with van der Waals surface area (Å²) < 4.78 is 30.8. The molecule has 2 aliphatic rings. The summed E-state index contributed by atoms with van der Waals surface area (Å²) in [6.45, 7) is 5.57. The van der Waals surface area contributed by atoms with E-state index < -0.39 is 11.8 Å². The lowest BCUT2D eigenvalue weighted by atomic mass is 10.0. The molecule has 0 saturated heterocycles. The summed E-state index contributed by atoms with van der Waals surface area (Å²) in [5.74, 6) is 1.44. The van der Waals surface area contributed by atoms with Crippen LogP contribution in [0.4, 0.5) is 20.6 Å². The zero-order valence-electron chi connectivity index (χ0n) is 24.5. The van der Waals surface area contributed by atoms with Crippen LogP contribution in [0.15, 0.2) is 60.7 Å². The van der Waals surface area contributed by atoms with Crippen LogP contribution in [0.25, 0.3) is 0 Å². The maximum absolute atomic E-state index is 13.5. The monoisotopic (exact) mass is 592 g/mol. The lowest BCUT2D eigenvalue weighted by Gasteiger charge is -2.34. The lowest BCUT2D eigenvalue weighted by Crippen LogP contribution is -2.47. The smallest absolute Gasteiger partial charge is 0.323 e. The molecule has 0 radical (unpaired) electrons. The van der Waals surface area contributed by atoms with Crippen molar-refractivity contribution >= 4 is 23.3 Å². The quantitative estimate of drug-likeness (QED) is 0.354. The van der Waals surface area contributed by atoms with Gasteiger partial charge in [0.1, 0.15) is 17.7 Å². The number of aliphatic hydroxyl groups excluding tert-OH is 1. The van der Waals surface area contributed by atoms with Crippen molar-refractivity contribution in [3.8, 4) is 17.2 Å². The number of aliphatic hydroxyl groups is 1. The summed E-state index contributed by atoms with van der Waals surface area (Å²) in [7, 11) is 2.01. The molecule has 0 fully saturated rings. The Morgan fingerprint density at radius 3 is 2.51 bits per heavy atom. The van der Waals surface area contributed by atoms with Crippen LogP contribution in [-0.2, 0) is 17.8 Å². The molecule has 3 N–H and O–H groups in total. The van der Waals surface area contributed by atoms with Gasteiger partial charge in [-0.15, -0.1) is 0 Å². The zero-order valence-corrected chi connectivity index (χ0v) is 24.5. The van der Waals surface area contributed by atoms with Gasteiger partial charge in [0, 0.05) is 42.5 Å². The molecule has 0 unspecified atom stereocenters. The molecule has 0 saturated carbocycles. The SMILES string of the molecule is C[C@@H]1CN([C@H](C)CO)C(=O)Cc2cc(NC(=O)Nc3ccc(F)cc3)ccc2O[C@@H]1CN(C)Cc1ccc2c(c1)OCO2. The number of benzene rings is 3. The van der Waals surface area contributed by atoms with Crippen LogP contribution in [0.1, 0.15) is 25.0 Å². The van der Waals surface area contributed by atoms with E-state index in [2.05, 4.69) is 15.5 Å². The van der Waals surface area contributed by atoms with Gasteiger partial charge in [-0.3, -0.25) is 9.69 Å². The summed E-state index contributed by atoms with van der Waals surface area (Å²) in [6, 6.07) is 15.7. The number of rotatable bonds is 8. The molecule has 43 heavy (non-hydrogen) atoms. The van der Waals surface area contributed by atoms with Crippen LogP contribution < -0.4 is 24.8 Å². The predicted molar refractivity (Wildman–Crippen MR) is 160 cm³/mol. The number of carbonyl (C=O) groups excluding carboxylic acids is 2. The molecule has 3 aromatic rings. The van der Waals surface area contributed by atoms with Gasteiger partial charge in [-0.2, -0.15) is 0 Å². The van der Waals surface area contributed by atoms with Crippen LogP contribution in [-0.4, -0.2) is 72.5 Å². The predicted octanol–water partition coefficient (Wildman–Crippen LogP) is 4.48. The second kappa shape index (κ2) is 13.3. The zero-order chi connectivity index (χ0) is 30.5. The van der Waals surface area contributed by atoms with Gasteiger partial charge >= 0.3 is 6.03 Å². The summed E-state index contributed by atoms with van der Waals surface area (Å²) in [5.41, 5.74) is 2.61. The van der Waals surface area contributed by atoms with E-state index in [9.17, 15) is 19.1 Å². The van der Waals surface area contributed by atoms with E-state index in [4.69, 9.17) is 14.2 Å². The van der Waals surface area contributed by atoms with Crippen LogP contribution in [0.2, 0.25) is 0 Å². The molecule has 2 heterocycles. The number of urea groups is 1. The molecule has 228 valence electrons. The minimum absolute atomic E-state index is 0.0429. The molecule has 0 spiro atoms. The van der Waals surface area contributed by atoms with Crippen molar-refractivity contribution in [3.63, 3.8) is 0 Å². The molecular weight excluding hydrogens is 555 g/mol. The van der Waals surface area contributed by atoms with Gasteiger partial charge in [0.25, 0.3) is 0 Å². The van der Waals surface area contributed by atoms with Gasteiger partial charge in [0.2, 0.25) is 12.7 Å². The number of halogens is 1. The topological polar surface area (TPSA) is 113 Å². The van der Waals surface area contributed by atoms with Crippen molar-refractivity contribution < 1.29 is 33.3 Å². The van der Waals surface area contributed by atoms with Crippen molar-refractivity contribution in [1.82, 2.24) is 9.80 Å². The highest BCUT2D eigenvalue weighted by molar-refractivity contribution is 6.00. The number of anilines is 2. The normalized spacial score (nSPS) is 18.7. The summed E-state index contributed by atoms with van der Waals surface area (Å²) >= 11 is 0. The Morgan fingerprint density at radius 1 is 1.05 bits per heavy atom. The third-order valence-electron chi connectivity index (χ3n) is 7.66. The highest BCUT2D eigenvalue weighted by Gasteiger charge is 2.31. The minimum atomic E-state index is -0.506. The van der Waals surface area contributed by atoms with E-state index in [-0.39, 0.29) is 43.8 Å². The maximum Gasteiger partial charge on any atom is 0.323 e. The number of likely N-dealkylation sites (N-methyl/N-ethyl adjacent to an activating group) is 1. The highest BCUT2D eigenvalue weighted by Crippen LogP contribution is 2.33. The molecule has 3 aromatic carbocycles. The second-order valence-electron chi connectivity index (χ2n) is 11.2. The molecule has 2 aliphatic heterocycles. The van der Waals surface area contributed by atoms with Gasteiger partial charge < -0.3 is 34.9 Å². The molecule has 10 nitrogen and oxygen atoms in total. The van der Waals surface area contributed by atoms with Crippen LogP contribution in [0.5, 0.6) is 17.2 Å². The Morgan fingerprint density at radius 2 is 1.74 bits per heavy atom. The van der Waals surface area contributed by atoms with Crippen molar-refractivity contribution in [2.75, 3.05) is 44.2 Å². The molecule has 11 heteroatoms. The molecule has 5 rings (SSSR count). The molecule has 3 atom stereocenters. The van der Waals surface area contributed by atoms with Gasteiger partial charge in [-0.05, 0) is 74.1 Å². The van der Waals surface area contributed by atoms with E-state index in [1.165, 1.54) is 24.3 Å². The third kappa shape index (κ3) is 7.54. The molecule has 3 amide bonds. The Balaban J connectivity index is 1.34. The molecular formula is C32H37FN4O6. The first-order chi connectivity index (χ1) is 20.7. The van der Waals surface area contributed by atoms with E-state index in [1.54, 1.807) is 23.1 Å². The summed E-state index contributed by atoms with van der Waals surface area (Å²) in [5, 5.41) is 15.4. The van der Waals surface area contributed by atoms with E-state index in [1.807, 2.05) is 39.1 Å². The highest BCUT2D eigenvalue weighted by atomic mass is 19.1. The third-order valence-corrected chi connectivity index (χ3v) is 7.66. The number of fused-ring (bicyclic) bond motifs is 2. The Kier molecular flexibility index (Phi) is 9.32. The fourth-order valence-corrected chi connectivity index (χ4v) is 5.27. The molecule has 0 aromatic heterocycles. The lowest BCUT2D eigenvalue weighted by molar-refractivity contribution is -0.134. The van der Waals surface area contributed by atoms with E-state index in [0.717, 1.165) is 17.1 Å². The first-order valence-corrected chi connectivity index (χ1v) is 14.3. The van der Waals surface area contributed by atoms with E-state index >= 15 is 0 Å². The van der Waals surface area contributed by atoms with Gasteiger partial charge in [-0.25, -0.2) is 9.18 Å². The fraction of sp³-hybridized carbons (Fsp3) is 0.375. The Bertz CT molecular complexity index is 1450. The average Bonchev–Trinajstić information content (AvgIpc) is 3.46. The van der Waals surface area contributed by atoms with Crippen molar-refractivity contribution in [1.29, 1.82) is 0 Å². The molecule has 0 bridgehead atoms. The largest absolute Gasteiger partial charge is 0.488 e. The Hall–Kier alpha value is -4.35. The Labute approximate surface area is 250 Å². The van der Waals surface area contributed by atoms with Crippen LogP contribution >= 0.6 is 0 Å². The fourth-order valence-electron chi connectivity index (χ4n) is 5.27.